The first-order valence-corrected chi connectivity index (χ1v) is 11.5. The van der Waals surface area contributed by atoms with Crippen LogP contribution in [-0.4, -0.2) is 37.3 Å². The number of nitrogens with one attached hydrogen (secondary N) is 3. The quantitative estimate of drug-likeness (QED) is 0.318. The van der Waals surface area contributed by atoms with Crippen molar-refractivity contribution in [2.75, 3.05) is 0 Å². The molecule has 1 atom stereocenters. The highest BCUT2D eigenvalue weighted by Crippen LogP contribution is 2.32. The lowest BCUT2D eigenvalue weighted by Gasteiger charge is -2.15. The van der Waals surface area contributed by atoms with Crippen LogP contribution in [0, 0.1) is 12.7 Å². The predicted molar refractivity (Wildman–Crippen MR) is 130 cm³/mol. The zero-order valence-electron chi connectivity index (χ0n) is 19.7. The summed E-state index contributed by atoms with van der Waals surface area (Å²) in [5.74, 6) is -2.53. The molecule has 0 bridgehead atoms. The lowest BCUT2D eigenvalue weighted by Crippen LogP contribution is -2.32. The van der Waals surface area contributed by atoms with Gasteiger partial charge in [0.2, 0.25) is 0 Å². The molecule has 2 aromatic carbocycles. The van der Waals surface area contributed by atoms with Crippen LogP contribution in [0.4, 0.5) is 4.39 Å². The van der Waals surface area contributed by atoms with Gasteiger partial charge in [0.15, 0.2) is 5.65 Å². The summed E-state index contributed by atoms with van der Waals surface area (Å²) < 4.78 is 14.6. The fourth-order valence-corrected chi connectivity index (χ4v) is 4.53. The molecule has 10 nitrogen and oxygen atoms in total. The maximum Gasteiger partial charge on any atom is 0.335 e. The van der Waals surface area contributed by atoms with E-state index in [4.69, 9.17) is 0 Å². The lowest BCUT2D eigenvalue weighted by atomic mass is 10.0. The minimum Gasteiger partial charge on any atom is -0.478 e. The number of amides is 2. The van der Waals surface area contributed by atoms with E-state index in [1.54, 1.807) is 31.2 Å². The summed E-state index contributed by atoms with van der Waals surface area (Å²) >= 11 is 0. The van der Waals surface area contributed by atoms with Gasteiger partial charge in [-0.3, -0.25) is 9.59 Å². The van der Waals surface area contributed by atoms with E-state index in [0.717, 1.165) is 15.5 Å². The van der Waals surface area contributed by atoms with Crippen molar-refractivity contribution in [2.45, 2.75) is 32.4 Å². The van der Waals surface area contributed by atoms with E-state index in [-0.39, 0.29) is 41.0 Å². The van der Waals surface area contributed by atoms with Gasteiger partial charge in [0.25, 0.3) is 11.8 Å². The largest absolute Gasteiger partial charge is 0.478 e. The number of aromatic nitrogens is 3. The van der Waals surface area contributed by atoms with E-state index >= 15 is 0 Å². The Morgan fingerprint density at radius 2 is 1.97 bits per heavy atom. The second-order valence-corrected chi connectivity index (χ2v) is 8.86. The average molecular weight is 503 g/mol. The molecule has 0 radical (unpaired) electrons. The highest BCUT2D eigenvalue weighted by molar-refractivity contribution is 5.98. The molecule has 0 unspecified atom stereocenters. The number of fused-ring (bicyclic) bond motifs is 2. The zero-order valence-corrected chi connectivity index (χ0v) is 19.7. The molecule has 188 valence electrons. The summed E-state index contributed by atoms with van der Waals surface area (Å²) in [4.78, 5) is 56.5. The summed E-state index contributed by atoms with van der Waals surface area (Å²) in [6.07, 6.45) is 2.45. The molecular formula is C26H22FN5O5. The van der Waals surface area contributed by atoms with Gasteiger partial charge in [0.05, 0.1) is 11.6 Å². The number of hydrogen-bond donors (Lipinski definition) is 4. The van der Waals surface area contributed by atoms with Crippen molar-refractivity contribution in [3.8, 4) is 0 Å². The molecule has 37 heavy (non-hydrogen) atoms. The van der Waals surface area contributed by atoms with Crippen LogP contribution >= 0.6 is 0 Å². The Hall–Kier alpha value is -4.80. The third-order valence-electron chi connectivity index (χ3n) is 6.42. The second kappa shape index (κ2) is 9.34. The molecule has 1 aliphatic rings. The number of nitrogens with zero attached hydrogens (tertiary/aromatic N) is 2. The molecule has 11 heteroatoms. The Kier molecular flexibility index (Phi) is 6.04. The Morgan fingerprint density at radius 1 is 1.16 bits per heavy atom. The normalized spacial score (nSPS) is 14.4. The number of carboxylic acid groups (broad SMARTS) is 1. The Labute approximate surface area is 209 Å². The molecule has 2 amide bonds. The van der Waals surface area contributed by atoms with Gasteiger partial charge in [-0.25, -0.2) is 23.4 Å². The molecule has 4 N–H and O–H groups in total. The van der Waals surface area contributed by atoms with Gasteiger partial charge in [-0.2, -0.15) is 0 Å². The molecular weight excluding hydrogens is 481 g/mol. The number of carboxylic acids is 1. The monoisotopic (exact) mass is 503 g/mol. The van der Waals surface area contributed by atoms with Gasteiger partial charge in [-0.05, 0) is 66.3 Å². The van der Waals surface area contributed by atoms with Crippen molar-refractivity contribution < 1.29 is 23.9 Å². The third kappa shape index (κ3) is 4.58. The van der Waals surface area contributed by atoms with E-state index < -0.39 is 23.5 Å². The van der Waals surface area contributed by atoms with E-state index in [9.17, 15) is 28.7 Å². The fraction of sp³-hybridized carbons (Fsp3) is 0.192. The molecule has 0 spiro atoms. The number of carbonyl (C=O) groups excluding carboxylic acids is 2. The van der Waals surface area contributed by atoms with Gasteiger partial charge >= 0.3 is 11.7 Å². The number of halogens is 1. The number of benzene rings is 2. The SMILES string of the molecule is Cc1cc(CNC(=O)c2cc(C(=O)N[C@H]3CCc4cc(C(=O)O)ccc43)n3c(=O)[nH]cc3n2)ccc1F. The number of aromatic carboxylic acids is 1. The summed E-state index contributed by atoms with van der Waals surface area (Å²) in [6, 6.07) is 10.1. The first-order chi connectivity index (χ1) is 17.7. The van der Waals surface area contributed by atoms with Crippen molar-refractivity contribution in [3.63, 3.8) is 0 Å². The molecule has 0 aliphatic heterocycles. The van der Waals surface area contributed by atoms with Gasteiger partial charge in [0.1, 0.15) is 17.2 Å². The van der Waals surface area contributed by atoms with Crippen molar-refractivity contribution in [3.05, 3.63) is 104 Å². The number of rotatable bonds is 6. The Morgan fingerprint density at radius 3 is 2.73 bits per heavy atom. The van der Waals surface area contributed by atoms with Crippen LogP contribution in [-0.2, 0) is 13.0 Å². The van der Waals surface area contributed by atoms with Crippen molar-refractivity contribution >= 4 is 23.4 Å². The van der Waals surface area contributed by atoms with Gasteiger partial charge in [-0.1, -0.05) is 18.2 Å². The van der Waals surface area contributed by atoms with Crippen LogP contribution < -0.4 is 16.3 Å². The molecule has 0 fully saturated rings. The highest BCUT2D eigenvalue weighted by Gasteiger charge is 2.27. The number of aromatic amines is 1. The summed E-state index contributed by atoms with van der Waals surface area (Å²) in [7, 11) is 0. The number of aryl methyl sites for hydroxylation is 2. The molecule has 0 saturated carbocycles. The molecule has 4 aromatic rings. The van der Waals surface area contributed by atoms with Crippen LogP contribution in [0.5, 0.6) is 0 Å². The third-order valence-corrected chi connectivity index (χ3v) is 6.42. The lowest BCUT2D eigenvalue weighted by molar-refractivity contribution is 0.0696. The molecule has 5 rings (SSSR count). The van der Waals surface area contributed by atoms with Crippen LogP contribution in [0.1, 0.15) is 66.1 Å². The van der Waals surface area contributed by atoms with Gasteiger partial charge in [-0.15, -0.1) is 0 Å². The summed E-state index contributed by atoms with van der Waals surface area (Å²) in [6.45, 7) is 1.74. The maximum atomic E-state index is 13.5. The molecule has 0 saturated heterocycles. The van der Waals surface area contributed by atoms with Crippen molar-refractivity contribution in [2.24, 2.45) is 0 Å². The summed E-state index contributed by atoms with van der Waals surface area (Å²) in [5.41, 5.74) is 2.32. The summed E-state index contributed by atoms with van der Waals surface area (Å²) in [5, 5.41) is 14.8. The zero-order chi connectivity index (χ0) is 26.3. The van der Waals surface area contributed by atoms with Crippen LogP contribution in [0.15, 0.2) is 53.5 Å². The molecule has 1 aliphatic carbocycles. The average Bonchev–Trinajstić information content (AvgIpc) is 3.46. The van der Waals surface area contributed by atoms with E-state index in [1.807, 2.05) is 0 Å². The Balaban J connectivity index is 1.40. The molecule has 2 aromatic heterocycles. The highest BCUT2D eigenvalue weighted by atomic mass is 19.1. The molecule has 2 heterocycles. The standard InChI is InChI=1S/C26H22FN5O5/c1-13-8-14(2-6-18(13)27)11-28-23(33)20-10-21(32-22(30-20)12-29-26(32)37)24(34)31-19-7-4-15-9-16(25(35)36)3-5-17(15)19/h2-3,5-6,8-10,12,19H,4,7,11H2,1H3,(H,28,33)(H,29,37)(H,31,34)(H,35,36)/t19-/m0/s1. The first-order valence-electron chi connectivity index (χ1n) is 11.5. The van der Waals surface area contributed by atoms with Crippen molar-refractivity contribution in [1.82, 2.24) is 25.0 Å². The second-order valence-electron chi connectivity index (χ2n) is 8.86. The minimum atomic E-state index is -1.03. The maximum absolute atomic E-state index is 13.5. The van der Waals surface area contributed by atoms with E-state index in [0.29, 0.717) is 24.0 Å². The first kappa shape index (κ1) is 23.9. The minimum absolute atomic E-state index is 0.0686. The van der Waals surface area contributed by atoms with Crippen LogP contribution in [0.25, 0.3) is 5.65 Å². The number of carbonyl (C=O) groups is 3. The fourth-order valence-electron chi connectivity index (χ4n) is 4.53. The predicted octanol–water partition coefficient (Wildman–Crippen LogP) is 2.52. The smallest absolute Gasteiger partial charge is 0.335 e. The Bertz CT molecular complexity index is 1640. The van der Waals surface area contributed by atoms with Gasteiger partial charge < -0.3 is 20.7 Å². The number of hydrogen-bond acceptors (Lipinski definition) is 5. The van der Waals surface area contributed by atoms with Crippen LogP contribution in [0.2, 0.25) is 0 Å². The topological polar surface area (TPSA) is 146 Å². The van der Waals surface area contributed by atoms with Gasteiger partial charge in [0, 0.05) is 12.7 Å². The van der Waals surface area contributed by atoms with E-state index in [2.05, 4.69) is 20.6 Å². The van der Waals surface area contributed by atoms with Crippen molar-refractivity contribution in [1.29, 1.82) is 0 Å². The van der Waals surface area contributed by atoms with E-state index in [1.165, 1.54) is 24.4 Å². The van der Waals surface area contributed by atoms with Crippen LogP contribution in [0.3, 0.4) is 0 Å². The number of H-pyrrole nitrogens is 1. The number of imidazole rings is 1.